The second-order valence-electron chi connectivity index (χ2n) is 3.30. The van der Waals surface area contributed by atoms with E-state index in [9.17, 15) is 5.11 Å². The zero-order valence-electron chi connectivity index (χ0n) is 6.66. The van der Waals surface area contributed by atoms with Crippen LogP contribution in [0, 0.1) is 5.92 Å². The van der Waals surface area contributed by atoms with E-state index in [2.05, 4.69) is 21.3 Å². The molecule has 1 unspecified atom stereocenters. The quantitative estimate of drug-likeness (QED) is 0.870. The van der Waals surface area contributed by atoms with Crippen LogP contribution < -0.4 is 0 Å². The van der Waals surface area contributed by atoms with Gasteiger partial charge in [0.25, 0.3) is 0 Å². The van der Waals surface area contributed by atoms with Crippen molar-refractivity contribution in [2.75, 3.05) is 0 Å². The fraction of sp³-hybridized carbons (Fsp3) is 0.556. The van der Waals surface area contributed by atoms with Crippen molar-refractivity contribution < 1.29 is 5.11 Å². The Bertz CT molecular complexity index is 267. The molecular formula is C9H11BrOS. The number of aliphatic hydroxyl groups is 1. The van der Waals surface area contributed by atoms with Crippen LogP contribution in [0.2, 0.25) is 0 Å². The highest BCUT2D eigenvalue weighted by Gasteiger charge is 2.30. The minimum atomic E-state index is -0.111. The standard InChI is InChI=1S/C9H11BrOS/c10-7-3-4-12-9(7)5-8(11)6-1-2-6/h3-4,6,8,11H,1-2,5H2. The first-order chi connectivity index (χ1) is 5.77. The van der Waals surface area contributed by atoms with Gasteiger partial charge in [0.1, 0.15) is 0 Å². The van der Waals surface area contributed by atoms with E-state index in [1.807, 2.05) is 6.07 Å². The molecule has 0 spiro atoms. The van der Waals surface area contributed by atoms with Crippen molar-refractivity contribution >= 4 is 27.3 Å². The van der Waals surface area contributed by atoms with Crippen molar-refractivity contribution in [1.82, 2.24) is 0 Å². The lowest BCUT2D eigenvalue weighted by molar-refractivity contribution is 0.152. The molecule has 1 heterocycles. The Morgan fingerprint density at radius 2 is 2.42 bits per heavy atom. The molecule has 1 fully saturated rings. The van der Waals surface area contributed by atoms with Gasteiger partial charge in [-0.05, 0) is 46.1 Å². The Morgan fingerprint density at radius 1 is 1.67 bits per heavy atom. The maximum absolute atomic E-state index is 9.67. The summed E-state index contributed by atoms with van der Waals surface area (Å²) in [7, 11) is 0. The third kappa shape index (κ3) is 1.90. The van der Waals surface area contributed by atoms with Gasteiger partial charge in [-0.15, -0.1) is 11.3 Å². The Labute approximate surface area is 84.6 Å². The summed E-state index contributed by atoms with van der Waals surface area (Å²) in [4.78, 5) is 1.27. The highest BCUT2D eigenvalue weighted by atomic mass is 79.9. The van der Waals surface area contributed by atoms with E-state index < -0.39 is 0 Å². The van der Waals surface area contributed by atoms with E-state index >= 15 is 0 Å². The van der Waals surface area contributed by atoms with Crippen molar-refractivity contribution in [3.8, 4) is 0 Å². The average Bonchev–Trinajstić information content (AvgIpc) is 2.80. The molecule has 1 atom stereocenters. The molecule has 1 N–H and O–H groups in total. The predicted molar refractivity (Wildman–Crippen MR) is 54.5 cm³/mol. The minimum absolute atomic E-state index is 0.111. The molecule has 3 heteroatoms. The van der Waals surface area contributed by atoms with Gasteiger partial charge in [-0.25, -0.2) is 0 Å². The fourth-order valence-electron chi connectivity index (χ4n) is 1.31. The SMILES string of the molecule is OC(Cc1sccc1Br)C1CC1. The Morgan fingerprint density at radius 3 is 2.92 bits per heavy atom. The summed E-state index contributed by atoms with van der Waals surface area (Å²) in [5, 5.41) is 11.7. The zero-order valence-corrected chi connectivity index (χ0v) is 9.07. The van der Waals surface area contributed by atoms with Crippen molar-refractivity contribution in [2.45, 2.75) is 25.4 Å². The summed E-state index contributed by atoms with van der Waals surface area (Å²) in [5.41, 5.74) is 0. The summed E-state index contributed by atoms with van der Waals surface area (Å²) in [6.45, 7) is 0. The molecule has 1 nitrogen and oxygen atoms in total. The Kier molecular flexibility index (Phi) is 2.53. The fourth-order valence-corrected chi connectivity index (χ4v) is 2.87. The third-order valence-corrected chi connectivity index (χ3v) is 4.20. The summed E-state index contributed by atoms with van der Waals surface area (Å²) in [5.74, 6) is 0.582. The number of aliphatic hydroxyl groups excluding tert-OH is 1. The summed E-state index contributed by atoms with van der Waals surface area (Å²) in [6.07, 6.45) is 3.14. The van der Waals surface area contributed by atoms with Gasteiger partial charge in [0.05, 0.1) is 6.10 Å². The van der Waals surface area contributed by atoms with Gasteiger partial charge in [-0.3, -0.25) is 0 Å². The summed E-state index contributed by atoms with van der Waals surface area (Å²) >= 11 is 5.18. The largest absolute Gasteiger partial charge is 0.392 e. The van der Waals surface area contributed by atoms with Gasteiger partial charge in [-0.2, -0.15) is 0 Å². The molecule has 0 saturated heterocycles. The minimum Gasteiger partial charge on any atom is -0.392 e. The molecule has 0 amide bonds. The molecular weight excluding hydrogens is 236 g/mol. The van der Waals surface area contributed by atoms with Crippen molar-refractivity contribution in [3.63, 3.8) is 0 Å². The molecule has 0 aromatic carbocycles. The first-order valence-electron chi connectivity index (χ1n) is 4.17. The molecule has 1 aliphatic carbocycles. The van der Waals surface area contributed by atoms with E-state index in [0.29, 0.717) is 5.92 Å². The molecule has 1 saturated carbocycles. The lowest BCUT2D eigenvalue weighted by atomic mass is 10.1. The molecule has 0 radical (unpaired) electrons. The monoisotopic (exact) mass is 246 g/mol. The van der Waals surface area contributed by atoms with Crippen LogP contribution in [0.5, 0.6) is 0 Å². The van der Waals surface area contributed by atoms with Crippen LogP contribution in [0.15, 0.2) is 15.9 Å². The zero-order chi connectivity index (χ0) is 8.55. The van der Waals surface area contributed by atoms with E-state index in [4.69, 9.17) is 0 Å². The second-order valence-corrected chi connectivity index (χ2v) is 5.16. The first kappa shape index (κ1) is 8.73. The van der Waals surface area contributed by atoms with Gasteiger partial charge < -0.3 is 5.11 Å². The van der Waals surface area contributed by atoms with Gasteiger partial charge in [-0.1, -0.05) is 0 Å². The molecule has 2 rings (SSSR count). The van der Waals surface area contributed by atoms with Gasteiger partial charge in [0, 0.05) is 15.8 Å². The maximum atomic E-state index is 9.67. The Balaban J connectivity index is 1.97. The highest BCUT2D eigenvalue weighted by molar-refractivity contribution is 9.10. The van der Waals surface area contributed by atoms with E-state index in [1.165, 1.54) is 17.7 Å². The molecule has 1 aromatic rings. The number of halogens is 1. The van der Waals surface area contributed by atoms with Crippen LogP contribution in [0.4, 0.5) is 0 Å². The molecule has 66 valence electrons. The maximum Gasteiger partial charge on any atom is 0.0616 e. The number of rotatable bonds is 3. The van der Waals surface area contributed by atoms with E-state index in [-0.39, 0.29) is 6.10 Å². The van der Waals surface area contributed by atoms with Gasteiger partial charge >= 0.3 is 0 Å². The topological polar surface area (TPSA) is 20.2 Å². The van der Waals surface area contributed by atoms with Crippen LogP contribution >= 0.6 is 27.3 Å². The lowest BCUT2D eigenvalue weighted by Gasteiger charge is -2.06. The predicted octanol–water partition coefficient (Wildman–Crippen LogP) is 2.82. The molecule has 0 aliphatic heterocycles. The summed E-state index contributed by atoms with van der Waals surface area (Å²) in [6, 6.07) is 2.04. The van der Waals surface area contributed by atoms with Crippen molar-refractivity contribution in [2.24, 2.45) is 5.92 Å². The van der Waals surface area contributed by atoms with Crippen LogP contribution in [-0.4, -0.2) is 11.2 Å². The lowest BCUT2D eigenvalue weighted by Crippen LogP contribution is -2.11. The Hall–Kier alpha value is 0.140. The van der Waals surface area contributed by atoms with Gasteiger partial charge in [0.15, 0.2) is 0 Å². The number of hydrogen-bond acceptors (Lipinski definition) is 2. The first-order valence-corrected chi connectivity index (χ1v) is 5.84. The van der Waals surface area contributed by atoms with Crippen LogP contribution in [0.1, 0.15) is 17.7 Å². The summed E-state index contributed by atoms with van der Waals surface area (Å²) < 4.78 is 1.15. The van der Waals surface area contributed by atoms with Crippen LogP contribution in [-0.2, 0) is 6.42 Å². The number of hydrogen-bond donors (Lipinski definition) is 1. The number of thiophene rings is 1. The normalized spacial score (nSPS) is 19.5. The average molecular weight is 247 g/mol. The van der Waals surface area contributed by atoms with Gasteiger partial charge in [0.2, 0.25) is 0 Å². The molecule has 1 aromatic heterocycles. The molecule has 0 bridgehead atoms. The third-order valence-electron chi connectivity index (χ3n) is 2.25. The van der Waals surface area contributed by atoms with Crippen LogP contribution in [0.3, 0.4) is 0 Å². The van der Waals surface area contributed by atoms with Crippen molar-refractivity contribution in [1.29, 1.82) is 0 Å². The van der Waals surface area contributed by atoms with E-state index in [0.717, 1.165) is 10.9 Å². The highest BCUT2D eigenvalue weighted by Crippen LogP contribution is 2.35. The van der Waals surface area contributed by atoms with Crippen molar-refractivity contribution in [3.05, 3.63) is 20.8 Å². The second kappa shape index (κ2) is 3.48. The molecule has 1 aliphatic rings. The smallest absolute Gasteiger partial charge is 0.0616 e. The van der Waals surface area contributed by atoms with Crippen LogP contribution in [0.25, 0.3) is 0 Å². The molecule has 12 heavy (non-hydrogen) atoms. The van der Waals surface area contributed by atoms with E-state index in [1.54, 1.807) is 11.3 Å².